The minimum absolute atomic E-state index is 0.0190. The number of fused-ring (bicyclic) bond motifs is 2. The van der Waals surface area contributed by atoms with Crippen LogP contribution in [-0.2, 0) is 47.0 Å². The molecule has 2 fully saturated rings. The molecule has 0 saturated carbocycles. The van der Waals surface area contributed by atoms with E-state index in [0.29, 0.717) is 60.0 Å². The smallest absolute Gasteiger partial charge is 0.390 e. The first-order chi connectivity index (χ1) is 24.2. The molecule has 11 nitrogen and oxygen atoms in total. The maximum Gasteiger partial charge on any atom is 0.416 e. The molecule has 2 amide bonds. The Kier molecular flexibility index (Phi) is 9.50. The predicted molar refractivity (Wildman–Crippen MR) is 186 cm³/mol. The van der Waals surface area contributed by atoms with Crippen LogP contribution in [-0.4, -0.2) is 89.4 Å². The van der Waals surface area contributed by atoms with Crippen LogP contribution in [0, 0.1) is 5.41 Å². The van der Waals surface area contributed by atoms with Crippen molar-refractivity contribution in [2.45, 2.75) is 57.6 Å². The Morgan fingerprint density at radius 1 is 1.10 bits per heavy atom. The van der Waals surface area contributed by atoms with Crippen LogP contribution in [0.5, 0.6) is 0 Å². The normalized spacial score (nSPS) is 19.0. The lowest BCUT2D eigenvalue weighted by atomic mass is 9.77. The lowest BCUT2D eigenvalue weighted by Gasteiger charge is -2.38. The molecule has 7 rings (SSSR count). The van der Waals surface area contributed by atoms with Gasteiger partial charge in [0.2, 0.25) is 15.9 Å². The van der Waals surface area contributed by atoms with Gasteiger partial charge >= 0.3 is 6.18 Å². The fourth-order valence-corrected chi connectivity index (χ4v) is 9.33. The van der Waals surface area contributed by atoms with E-state index >= 15 is 0 Å². The molecule has 3 aliphatic heterocycles. The Labute approximate surface area is 297 Å². The molecule has 0 bridgehead atoms. The summed E-state index contributed by atoms with van der Waals surface area (Å²) in [6.45, 7) is 2.26. The molecule has 1 unspecified atom stereocenters. The third-order valence-electron chi connectivity index (χ3n) is 10.4. The zero-order valence-corrected chi connectivity index (χ0v) is 29.6. The highest BCUT2D eigenvalue weighted by molar-refractivity contribution is 7.88. The maximum absolute atomic E-state index is 14.2. The molecule has 5 heterocycles. The van der Waals surface area contributed by atoms with Crippen molar-refractivity contribution in [3.8, 4) is 11.3 Å². The molecule has 1 atom stereocenters. The summed E-state index contributed by atoms with van der Waals surface area (Å²) in [6.07, 6.45) is -1.86. The fourth-order valence-electron chi connectivity index (χ4n) is 7.56. The molecular weight excluding hydrogens is 706 g/mol. The van der Waals surface area contributed by atoms with E-state index in [1.807, 2.05) is 24.3 Å². The summed E-state index contributed by atoms with van der Waals surface area (Å²) in [6, 6.07) is 12.7. The summed E-state index contributed by atoms with van der Waals surface area (Å²) in [4.78, 5) is 28.0. The predicted octanol–water partition coefficient (Wildman–Crippen LogP) is 3.99. The van der Waals surface area contributed by atoms with Crippen molar-refractivity contribution >= 4 is 43.3 Å². The number of aliphatic hydroxyl groups is 1. The number of alkyl halides is 3. The largest absolute Gasteiger partial charge is 0.416 e. The topological polar surface area (TPSA) is 137 Å². The van der Waals surface area contributed by atoms with E-state index in [-0.39, 0.29) is 36.5 Å². The van der Waals surface area contributed by atoms with Crippen molar-refractivity contribution in [3.05, 3.63) is 75.8 Å². The number of amides is 2. The lowest BCUT2D eigenvalue weighted by molar-refractivity contribution is -0.138. The monoisotopic (exact) mass is 744 g/mol. The summed E-state index contributed by atoms with van der Waals surface area (Å²) in [5, 5.41) is 22.4. The first kappa shape index (κ1) is 35.6. The van der Waals surface area contributed by atoms with Gasteiger partial charge in [-0.25, -0.2) is 8.42 Å². The van der Waals surface area contributed by atoms with Crippen molar-refractivity contribution in [1.29, 1.82) is 0 Å². The van der Waals surface area contributed by atoms with Crippen LogP contribution in [0.25, 0.3) is 21.3 Å². The third kappa shape index (κ3) is 7.29. The number of nitrogens with zero attached hydrogens (tertiary/aromatic N) is 4. The molecule has 16 heteroatoms. The molecule has 2 aromatic carbocycles. The number of nitrogens with one attached hydrogen (secondary N) is 2. The number of β-amino-alcohol motifs (C(OH)–C–C–N with tert-alkyl or cyclic N) is 1. The maximum atomic E-state index is 14.2. The SMILES string of the molecule is CS(=O)(=O)N1CCc2c(c(-c3ccc(C(F)(F)F)c(CNC(=O)c4cc5ccccc5s4)c3)nn2CC(O)CN2CCC3(CCNC3=O)CC2)C1. The first-order valence-corrected chi connectivity index (χ1v) is 19.6. The Morgan fingerprint density at radius 2 is 1.86 bits per heavy atom. The second-order valence-corrected chi connectivity index (χ2v) is 16.8. The van der Waals surface area contributed by atoms with Gasteiger partial charge in [0, 0.05) is 60.7 Å². The Morgan fingerprint density at radius 3 is 2.55 bits per heavy atom. The van der Waals surface area contributed by atoms with Gasteiger partial charge in [-0.15, -0.1) is 11.3 Å². The van der Waals surface area contributed by atoms with Gasteiger partial charge in [0.05, 0.1) is 40.5 Å². The van der Waals surface area contributed by atoms with Gasteiger partial charge in [-0.2, -0.15) is 22.6 Å². The number of benzene rings is 2. The highest BCUT2D eigenvalue weighted by Gasteiger charge is 2.44. The van der Waals surface area contributed by atoms with Crippen LogP contribution in [0.4, 0.5) is 13.2 Å². The minimum Gasteiger partial charge on any atom is -0.390 e. The van der Waals surface area contributed by atoms with Crippen LogP contribution < -0.4 is 10.6 Å². The summed E-state index contributed by atoms with van der Waals surface area (Å²) >= 11 is 1.25. The highest BCUT2D eigenvalue weighted by atomic mass is 32.2. The van der Waals surface area contributed by atoms with Crippen molar-refractivity contribution < 1.29 is 36.3 Å². The van der Waals surface area contributed by atoms with Gasteiger partial charge in [-0.3, -0.25) is 14.3 Å². The average Bonchev–Trinajstić information content (AvgIpc) is 3.79. The number of hydrogen-bond donors (Lipinski definition) is 3. The molecular formula is C35H39F3N6O5S2. The number of thiophene rings is 1. The van der Waals surface area contributed by atoms with Crippen molar-refractivity contribution in [2.24, 2.45) is 5.41 Å². The van der Waals surface area contributed by atoms with E-state index in [9.17, 15) is 36.3 Å². The fraction of sp³-hybridized carbons (Fsp3) is 0.457. The molecule has 4 aromatic rings. The number of aliphatic hydroxyl groups excluding tert-OH is 1. The molecule has 3 aliphatic rings. The number of rotatable bonds is 9. The Bertz CT molecular complexity index is 2060. The van der Waals surface area contributed by atoms with Gasteiger partial charge in [0.25, 0.3) is 5.91 Å². The summed E-state index contributed by atoms with van der Waals surface area (Å²) in [7, 11) is -3.59. The van der Waals surface area contributed by atoms with Crippen LogP contribution in [0.1, 0.15) is 51.3 Å². The van der Waals surface area contributed by atoms with E-state index in [0.717, 1.165) is 41.7 Å². The molecule has 3 N–H and O–H groups in total. The van der Waals surface area contributed by atoms with Crippen molar-refractivity contribution in [3.63, 3.8) is 0 Å². The summed E-state index contributed by atoms with van der Waals surface area (Å²) in [5.74, 6) is -0.393. The second-order valence-electron chi connectivity index (χ2n) is 13.7. The third-order valence-corrected chi connectivity index (χ3v) is 12.7. The molecule has 0 aliphatic carbocycles. The second kappa shape index (κ2) is 13.6. The van der Waals surface area contributed by atoms with E-state index in [2.05, 4.69) is 15.5 Å². The van der Waals surface area contributed by atoms with E-state index in [1.165, 1.54) is 27.8 Å². The number of halogens is 3. The van der Waals surface area contributed by atoms with Crippen LogP contribution in [0.2, 0.25) is 0 Å². The van der Waals surface area contributed by atoms with E-state index < -0.39 is 40.3 Å². The van der Waals surface area contributed by atoms with E-state index in [1.54, 1.807) is 10.7 Å². The van der Waals surface area contributed by atoms with Crippen LogP contribution >= 0.6 is 11.3 Å². The summed E-state index contributed by atoms with van der Waals surface area (Å²) < 4.78 is 71.6. The minimum atomic E-state index is -4.69. The number of carbonyl (C=O) groups excluding carboxylic acids is 2. The van der Waals surface area contributed by atoms with Crippen molar-refractivity contribution in [2.75, 3.05) is 39.0 Å². The quantitative estimate of drug-likeness (QED) is 0.236. The molecule has 51 heavy (non-hydrogen) atoms. The highest BCUT2D eigenvalue weighted by Crippen LogP contribution is 2.39. The average molecular weight is 745 g/mol. The molecule has 272 valence electrons. The van der Waals surface area contributed by atoms with E-state index in [4.69, 9.17) is 5.10 Å². The zero-order chi connectivity index (χ0) is 36.1. The lowest BCUT2D eigenvalue weighted by Crippen LogP contribution is -2.46. The standard InChI is InChI=1S/C35H39F3N6O5S2/c1-51(48,49)43-13-8-28-26(21-43)31(41-44(28)20-25(45)19-42-14-10-34(11-15-42)9-12-39-33(34)47)23-6-7-27(35(36,37)38)24(16-23)18-40-32(46)30-17-22-4-2-3-5-29(22)50-30/h2-7,16-17,25,45H,8-15,18-21H2,1H3,(H,39,47)(H,40,46). The van der Waals surface area contributed by atoms with Gasteiger partial charge in [-0.1, -0.05) is 24.3 Å². The first-order valence-electron chi connectivity index (χ1n) is 16.9. The molecule has 0 radical (unpaired) electrons. The van der Waals surface area contributed by atoms with Gasteiger partial charge in [0.1, 0.15) is 0 Å². The molecule has 2 saturated heterocycles. The Balaban J connectivity index is 1.15. The number of likely N-dealkylation sites (tertiary alicyclic amines) is 1. The number of piperidine rings is 1. The molecule has 1 spiro atoms. The van der Waals surface area contributed by atoms with Crippen LogP contribution in [0.3, 0.4) is 0 Å². The zero-order valence-electron chi connectivity index (χ0n) is 28.0. The number of sulfonamides is 1. The molecule has 2 aromatic heterocycles. The van der Waals surface area contributed by atoms with Gasteiger partial charge < -0.3 is 20.6 Å². The van der Waals surface area contributed by atoms with Crippen LogP contribution in [0.15, 0.2) is 48.5 Å². The number of carbonyl (C=O) groups is 2. The van der Waals surface area contributed by atoms with Gasteiger partial charge in [-0.05, 0) is 67.6 Å². The Hall–Kier alpha value is -3.83. The van der Waals surface area contributed by atoms with Crippen molar-refractivity contribution in [1.82, 2.24) is 29.6 Å². The number of hydrogen-bond acceptors (Lipinski definition) is 8. The number of aromatic nitrogens is 2. The van der Waals surface area contributed by atoms with Gasteiger partial charge in [0.15, 0.2) is 0 Å². The summed E-state index contributed by atoms with van der Waals surface area (Å²) in [5.41, 5.74) is 0.545.